The van der Waals surface area contributed by atoms with Crippen molar-refractivity contribution in [1.29, 1.82) is 0 Å². The summed E-state index contributed by atoms with van der Waals surface area (Å²) in [7, 11) is 11.7. The van der Waals surface area contributed by atoms with Crippen LogP contribution >= 0.6 is 0 Å². The Morgan fingerprint density at radius 1 is 0.432 bits per heavy atom. The molecule has 24 atom stereocenters. The van der Waals surface area contributed by atoms with Crippen LogP contribution in [0.15, 0.2) is 171 Å². The molecule has 0 radical (unpaired) electrons. The van der Waals surface area contributed by atoms with Gasteiger partial charge in [0.1, 0.15) is 23.6 Å². The van der Waals surface area contributed by atoms with Crippen LogP contribution in [0.5, 0.6) is 0 Å². The average molecular weight is 2070 g/mol. The van der Waals surface area contributed by atoms with Crippen molar-refractivity contribution >= 4 is 61.6 Å². The highest BCUT2D eigenvalue weighted by molar-refractivity contribution is 7.00. The van der Waals surface area contributed by atoms with Crippen molar-refractivity contribution in [3.8, 4) is 0 Å². The molecule has 146 heavy (non-hydrogen) atoms. The van der Waals surface area contributed by atoms with E-state index in [0.717, 1.165) is 12.7 Å². The van der Waals surface area contributed by atoms with Gasteiger partial charge in [0.2, 0.25) is 17.4 Å². The number of benzene rings is 4. The maximum absolute atomic E-state index is 13.1. The van der Waals surface area contributed by atoms with Crippen LogP contribution in [0.2, 0.25) is 10.1 Å². The quantitative estimate of drug-likeness (QED) is 0.00819. The lowest BCUT2D eigenvalue weighted by atomic mass is 9.80. The molecule has 1 N–H and O–H groups in total. The van der Waals surface area contributed by atoms with Crippen molar-refractivity contribution in [1.82, 2.24) is 14.7 Å². The number of ether oxygens (including phenoxy) is 14. The number of cyclic esters (lactones) is 3. The first-order chi connectivity index (χ1) is 68.1. The molecule has 10 rings (SSSR count). The minimum absolute atomic E-state index is 0.0237. The summed E-state index contributed by atoms with van der Waals surface area (Å²) in [5.74, 6) is -4.50. The normalized spacial score (nSPS) is 25.9. The third-order valence-electron chi connectivity index (χ3n) is 30.0. The molecule has 0 spiro atoms. The molecule has 3 unspecified atom stereocenters. The topological polar surface area (TPSA) is 392 Å². The SMILES string of the molecule is CO[C@](C)(C[C@@H](C)C=O)[C@H](O[C@@H]1O[C@H](CN=[N+]=[N-])CC(N(C)C)[C@H]1C)[C@@H](C)C1=C(C)C(=O)OC(C)(C)O1.CO[C@](C)(C[C@@H](C)CO[Si](c1ccccc1)(c1ccccc1)C(C)(C)C)[C@H](O)[C@@H](C)C1=C(C)C(=O)OC(C)(C)O1.CO[C@](C)(C[C@@H](C)CO[Si](c1ccccc1)(c1ccccc1)C(C)(C)C)[C@H](O[C@@H]1O[C@H](CN=[N+]=[N-])CC(N(C)C)[C@H]1C)[C@@H](C)C1=C(C)C(=O)OC(C)(C)O1.C[C@@H]1O[C@H](CN=[N+]=[N-])CC(N(C)C)[C@H]1C. The van der Waals surface area contributed by atoms with Crippen molar-refractivity contribution < 1.29 is 99.5 Å². The second kappa shape index (κ2) is 53.4. The largest absolute Gasteiger partial charge is 0.456 e. The maximum Gasteiger partial charge on any atom is 0.340 e. The van der Waals surface area contributed by atoms with E-state index >= 15 is 0 Å². The van der Waals surface area contributed by atoms with E-state index in [2.05, 4.69) is 258 Å². The van der Waals surface area contributed by atoms with Crippen molar-refractivity contribution in [2.75, 3.05) is 96.5 Å². The van der Waals surface area contributed by atoms with Gasteiger partial charge in [-0.25, -0.2) is 14.4 Å². The number of methoxy groups -OCH3 is 3. The van der Waals surface area contributed by atoms with Crippen molar-refractivity contribution in [3.05, 3.63) is 187 Å². The van der Waals surface area contributed by atoms with E-state index in [0.29, 0.717) is 97.8 Å². The van der Waals surface area contributed by atoms with Gasteiger partial charge >= 0.3 is 17.9 Å². The average Bonchev–Trinajstić information content (AvgIpc) is 0.753. The molecule has 33 nitrogen and oxygen atoms in total. The molecule has 3 saturated heterocycles. The maximum atomic E-state index is 13.1. The number of rotatable bonds is 42. The molecule has 0 bridgehead atoms. The van der Waals surface area contributed by atoms with E-state index in [9.17, 15) is 24.3 Å². The van der Waals surface area contributed by atoms with Gasteiger partial charge in [-0.3, -0.25) is 0 Å². The third kappa shape index (κ3) is 31.3. The van der Waals surface area contributed by atoms with E-state index in [-0.39, 0.29) is 89.3 Å². The first kappa shape index (κ1) is 124. The van der Waals surface area contributed by atoms with Crippen LogP contribution in [-0.2, 0) is 94.3 Å². The van der Waals surface area contributed by atoms with Gasteiger partial charge in [0.05, 0.1) is 95.9 Å². The lowest BCUT2D eigenvalue weighted by molar-refractivity contribution is -0.286. The summed E-state index contributed by atoms with van der Waals surface area (Å²) in [6.45, 7) is 57.0. The van der Waals surface area contributed by atoms with Crippen LogP contribution < -0.4 is 20.7 Å². The first-order valence-electron chi connectivity index (χ1n) is 51.6. The Morgan fingerprint density at radius 2 is 0.705 bits per heavy atom. The molecule has 6 aliphatic rings. The number of carbonyl (C=O) groups is 4. The molecular formula is C111H176N12O21Si2. The summed E-state index contributed by atoms with van der Waals surface area (Å²) >= 11 is 0. The number of esters is 3. The third-order valence-corrected chi connectivity index (χ3v) is 40.0. The molecule has 4 aromatic carbocycles. The zero-order valence-corrected chi connectivity index (χ0v) is 96.5. The number of aliphatic hydroxyl groups excluding tert-OH is 1. The summed E-state index contributed by atoms with van der Waals surface area (Å²) in [5.41, 5.74) is 24.6. The van der Waals surface area contributed by atoms with Crippen molar-refractivity contribution in [3.63, 3.8) is 0 Å². The van der Waals surface area contributed by atoms with Crippen molar-refractivity contribution in [2.45, 2.75) is 350 Å². The molecule has 0 amide bonds. The van der Waals surface area contributed by atoms with Crippen LogP contribution in [0.4, 0.5) is 0 Å². The fraction of sp³-hybridized carbons (Fsp3) is 0.694. The molecule has 6 aliphatic heterocycles. The van der Waals surface area contributed by atoms with Crippen LogP contribution in [0.3, 0.4) is 0 Å². The molecule has 0 saturated carbocycles. The molecule has 0 aromatic heterocycles. The second-order valence-electron chi connectivity index (χ2n) is 45.8. The molecule has 3 fully saturated rings. The molecular weight excluding hydrogens is 1890 g/mol. The monoisotopic (exact) mass is 2070 g/mol. The van der Waals surface area contributed by atoms with Gasteiger partial charge in [-0.05, 0) is 194 Å². The molecule has 35 heteroatoms. The lowest BCUT2D eigenvalue weighted by Gasteiger charge is -2.49. The number of nitrogens with zero attached hydrogens (tertiary/aromatic N) is 12. The Labute approximate surface area is 872 Å². The van der Waals surface area contributed by atoms with Crippen LogP contribution in [0, 0.1) is 53.3 Å². The number of aldehydes is 1. The van der Waals surface area contributed by atoms with Gasteiger partial charge in [0.15, 0.2) is 12.6 Å². The van der Waals surface area contributed by atoms with Crippen molar-refractivity contribution in [2.24, 2.45) is 68.6 Å². The Kier molecular flexibility index (Phi) is 45.5. The number of hydrogen-bond donors (Lipinski definition) is 1. The van der Waals surface area contributed by atoms with Gasteiger partial charge in [0.25, 0.3) is 16.6 Å². The minimum Gasteiger partial charge on any atom is -0.456 e. The summed E-state index contributed by atoms with van der Waals surface area (Å²) in [5, 5.41) is 27.4. The smallest absolute Gasteiger partial charge is 0.340 e. The number of aliphatic hydroxyl groups is 1. The predicted octanol–water partition coefficient (Wildman–Crippen LogP) is 19.4. The minimum atomic E-state index is -2.80. The van der Waals surface area contributed by atoms with Crippen LogP contribution in [-0.4, -0.2) is 265 Å². The van der Waals surface area contributed by atoms with Crippen LogP contribution in [0.25, 0.3) is 31.3 Å². The lowest BCUT2D eigenvalue weighted by Crippen LogP contribution is -2.67. The molecule has 4 aromatic rings. The molecule has 814 valence electrons. The Balaban J connectivity index is 0.000000281. The highest BCUT2D eigenvalue weighted by Crippen LogP contribution is 2.48. The summed E-state index contributed by atoms with van der Waals surface area (Å²) in [6.07, 6.45) is 0.759. The summed E-state index contributed by atoms with van der Waals surface area (Å²) in [4.78, 5) is 65.0. The van der Waals surface area contributed by atoms with Gasteiger partial charge in [-0.15, -0.1) is 0 Å². The van der Waals surface area contributed by atoms with E-state index in [1.807, 2.05) is 81.9 Å². The van der Waals surface area contributed by atoms with Gasteiger partial charge < -0.3 is 99.8 Å². The highest BCUT2D eigenvalue weighted by atomic mass is 28.4. The van der Waals surface area contributed by atoms with E-state index < -0.39 is 117 Å². The predicted molar refractivity (Wildman–Crippen MR) is 573 cm³/mol. The summed E-state index contributed by atoms with van der Waals surface area (Å²) in [6, 6.07) is 43.2. The van der Waals surface area contributed by atoms with Gasteiger partial charge in [0, 0.05) is 144 Å². The number of carbonyl (C=O) groups excluding carboxylic acids is 4. The van der Waals surface area contributed by atoms with E-state index in [4.69, 9.17) is 91.8 Å². The Morgan fingerprint density at radius 3 is 0.979 bits per heavy atom. The van der Waals surface area contributed by atoms with Gasteiger partial charge in [-0.2, -0.15) is 0 Å². The number of azide groups is 3. The summed E-state index contributed by atoms with van der Waals surface area (Å²) < 4.78 is 100. The molecule has 6 heterocycles. The standard InChI is InChI=1S/C42H64N4O7Si.C33H48O6Si.C26H44N4O7.C10H20N4O/c1-28(27-49-54(40(5,6)7,33-20-16-14-17-21-33)34-22-18-15-19-23-34)25-42(10,48-13)37(30(3)36-31(4)38(47)53-41(8,9)52-36)51-39-29(2)35(46(11)12)24-32(50-39)26-44-45-43;1-23(21-33(9,36-10)29(34)24(2)28-25(3)30(35)39-32(7,8)38-28)22-37-40(31(4,5)6,26-17-13-11-14-18-26)27-19-15-12-16-20-27;1-15(14-31)12-26(7,33-10)22(17(3)21-18(4)23(32)37-25(5,6)36-21)35-24-16(2)20(30(8)9)11-19(34-24)13-28-29-27;1-7-8(2)15-9(6-12-13-11)5-10(7)14(3)4/h14-23,28-30,32,35,37,39H,24-27H2,1-13H3;11-20,23-24,29,34H,21-22H2,1-10H3;14-17,19-20,22,24H,11-13H2,1-10H3;7-10H,5-6H2,1-4H3/t28-,29-,30+,32+,35?,37-,39+,42-;23-,24+,29-,33-;15-,16-,17+,19+,20?,22-,24+,26-;7-,8-,9-,10?/m1110/s1. The van der Waals surface area contributed by atoms with E-state index in [1.165, 1.54) is 20.7 Å². The fourth-order valence-electron chi connectivity index (χ4n) is 22.1. The Hall–Kier alpha value is -8.62. The van der Waals surface area contributed by atoms with E-state index in [1.54, 1.807) is 83.6 Å². The van der Waals surface area contributed by atoms with Gasteiger partial charge in [-0.1, -0.05) is 241 Å². The second-order valence-corrected chi connectivity index (χ2v) is 54.4. The fourth-order valence-corrected chi connectivity index (χ4v) is 31.4. The zero-order chi connectivity index (χ0) is 110. The zero-order valence-electron chi connectivity index (χ0n) is 94.5. The number of hydrogen-bond acceptors (Lipinski definition) is 27. The van der Waals surface area contributed by atoms with Crippen LogP contribution in [0.1, 0.15) is 232 Å². The highest BCUT2D eigenvalue weighted by Gasteiger charge is 2.57. The molecule has 0 aliphatic carbocycles. The first-order valence-corrected chi connectivity index (χ1v) is 55.4. The Bertz CT molecular complexity index is 5030.